The maximum absolute atomic E-state index is 14.4. The fourth-order valence-electron chi connectivity index (χ4n) is 2.82. The Labute approximate surface area is 169 Å². The summed E-state index contributed by atoms with van der Waals surface area (Å²) in [6.07, 6.45) is -3.43. The Morgan fingerprint density at radius 1 is 1.20 bits per heavy atom. The zero-order chi connectivity index (χ0) is 21.9. The van der Waals surface area contributed by atoms with Crippen molar-refractivity contribution in [1.82, 2.24) is 5.32 Å². The number of rotatable bonds is 6. The first-order valence-corrected chi connectivity index (χ1v) is 9.26. The Hall–Kier alpha value is -2.97. The molecule has 1 aliphatic rings. The van der Waals surface area contributed by atoms with Crippen LogP contribution in [-0.4, -0.2) is 18.3 Å². The summed E-state index contributed by atoms with van der Waals surface area (Å²) in [5.74, 6) is -4.63. The molecule has 0 saturated heterocycles. The fraction of sp³-hybridized carbons (Fsp3) is 0.333. The van der Waals surface area contributed by atoms with E-state index in [1.54, 1.807) is 18.2 Å². The van der Waals surface area contributed by atoms with Crippen LogP contribution in [0.2, 0.25) is 0 Å². The highest BCUT2D eigenvalue weighted by Crippen LogP contribution is 2.34. The molecule has 0 heterocycles. The van der Waals surface area contributed by atoms with Crippen molar-refractivity contribution < 1.29 is 31.6 Å². The minimum Gasteiger partial charge on any atom is -0.394 e. The molecule has 30 heavy (non-hydrogen) atoms. The lowest BCUT2D eigenvalue weighted by Crippen LogP contribution is -2.35. The third-order valence-corrected chi connectivity index (χ3v) is 4.51. The van der Waals surface area contributed by atoms with Crippen LogP contribution in [0.3, 0.4) is 0 Å². The van der Waals surface area contributed by atoms with Gasteiger partial charge in [-0.25, -0.2) is 8.78 Å². The molecule has 0 radical (unpaired) electrons. The van der Waals surface area contributed by atoms with Gasteiger partial charge in [0.15, 0.2) is 17.5 Å². The second-order valence-electron chi connectivity index (χ2n) is 7.17. The summed E-state index contributed by atoms with van der Waals surface area (Å²) in [6.45, 7) is 1.92. The summed E-state index contributed by atoms with van der Waals surface area (Å²) in [4.78, 5) is 17.5. The molecule has 1 saturated carbocycles. The van der Waals surface area contributed by atoms with E-state index in [0.717, 1.165) is 18.4 Å². The molecule has 2 aromatic rings. The van der Waals surface area contributed by atoms with Crippen LogP contribution in [0.15, 0.2) is 41.6 Å². The zero-order valence-corrected chi connectivity index (χ0v) is 16.0. The number of benzene rings is 2. The van der Waals surface area contributed by atoms with Crippen LogP contribution in [0.5, 0.6) is 0 Å². The minimum absolute atomic E-state index is 0.107. The summed E-state index contributed by atoms with van der Waals surface area (Å²) in [7, 11) is 0. The normalized spacial score (nSPS) is 14.5. The molecule has 0 aliphatic heterocycles. The van der Waals surface area contributed by atoms with Gasteiger partial charge >= 0.3 is 6.18 Å². The average molecular weight is 426 g/mol. The fourth-order valence-corrected chi connectivity index (χ4v) is 2.82. The lowest BCUT2D eigenvalue weighted by molar-refractivity contribution is -0.138. The maximum Gasteiger partial charge on any atom is 0.417 e. The van der Waals surface area contributed by atoms with Gasteiger partial charge in [-0.05, 0) is 43.4 Å². The van der Waals surface area contributed by atoms with Gasteiger partial charge in [0.1, 0.15) is 6.61 Å². The third-order valence-electron chi connectivity index (χ3n) is 4.51. The highest BCUT2D eigenvalue weighted by molar-refractivity contribution is 6.09. The van der Waals surface area contributed by atoms with Gasteiger partial charge in [-0.15, -0.1) is 0 Å². The largest absolute Gasteiger partial charge is 0.417 e. The van der Waals surface area contributed by atoms with Crippen molar-refractivity contribution in [3.8, 4) is 0 Å². The highest BCUT2D eigenvalue weighted by atomic mass is 19.4. The molecule has 0 bridgehead atoms. The number of carbonyl (C=O) groups excluding carboxylic acids is 1. The summed E-state index contributed by atoms with van der Waals surface area (Å²) in [5, 5.41) is 5.68. The first kappa shape index (κ1) is 21.7. The molecule has 9 heteroatoms. The predicted molar refractivity (Wildman–Crippen MR) is 99.6 cm³/mol. The van der Waals surface area contributed by atoms with Gasteiger partial charge in [-0.1, -0.05) is 35.0 Å². The monoisotopic (exact) mass is 426 g/mol. The molecular weight excluding hydrogens is 407 g/mol. The Morgan fingerprint density at radius 2 is 1.93 bits per heavy atom. The third kappa shape index (κ3) is 5.55. The minimum atomic E-state index is -5.00. The number of aryl methyl sites for hydroxylation is 1. The Balaban J connectivity index is 1.93. The lowest BCUT2D eigenvalue weighted by atomic mass is 10.0. The van der Waals surface area contributed by atoms with Crippen LogP contribution < -0.4 is 5.32 Å². The van der Waals surface area contributed by atoms with Crippen molar-refractivity contribution >= 4 is 11.7 Å². The molecule has 0 spiro atoms. The predicted octanol–water partition coefficient (Wildman–Crippen LogP) is 4.74. The number of hydrogen-bond donors (Lipinski definition) is 1. The van der Waals surface area contributed by atoms with Crippen LogP contribution in [0.4, 0.5) is 22.0 Å². The number of nitrogens with one attached hydrogen (secondary N) is 1. The first-order valence-electron chi connectivity index (χ1n) is 9.26. The molecule has 1 N–H and O–H groups in total. The van der Waals surface area contributed by atoms with Gasteiger partial charge in [-0.3, -0.25) is 4.79 Å². The highest BCUT2D eigenvalue weighted by Gasteiger charge is 2.38. The Morgan fingerprint density at radius 3 is 2.57 bits per heavy atom. The molecule has 1 amide bonds. The number of nitrogens with zero attached hydrogens (tertiary/aromatic N) is 1. The summed E-state index contributed by atoms with van der Waals surface area (Å²) >= 11 is 0. The van der Waals surface area contributed by atoms with E-state index < -0.39 is 40.7 Å². The molecule has 0 atom stereocenters. The van der Waals surface area contributed by atoms with Crippen molar-refractivity contribution in [2.45, 2.75) is 32.4 Å². The van der Waals surface area contributed by atoms with Gasteiger partial charge < -0.3 is 10.2 Å². The van der Waals surface area contributed by atoms with Gasteiger partial charge in [0, 0.05) is 0 Å². The van der Waals surface area contributed by atoms with E-state index in [1.165, 1.54) is 0 Å². The number of alkyl halides is 3. The number of halogens is 5. The summed E-state index contributed by atoms with van der Waals surface area (Å²) in [5.41, 5.74) is -1.18. The quantitative estimate of drug-likeness (QED) is 0.314. The molecule has 0 unspecified atom stereocenters. The van der Waals surface area contributed by atoms with E-state index in [-0.39, 0.29) is 18.9 Å². The Kier molecular flexibility index (Phi) is 6.38. The lowest BCUT2D eigenvalue weighted by Gasteiger charge is -2.16. The van der Waals surface area contributed by atoms with Crippen LogP contribution >= 0.6 is 0 Å². The summed E-state index contributed by atoms with van der Waals surface area (Å²) in [6, 6.07) is 7.70. The number of carbonyl (C=O) groups is 1. The van der Waals surface area contributed by atoms with Crippen LogP contribution in [0.25, 0.3) is 0 Å². The number of hydrogen-bond acceptors (Lipinski definition) is 3. The van der Waals surface area contributed by atoms with Gasteiger partial charge in [0.25, 0.3) is 0 Å². The molecule has 4 nitrogen and oxygen atoms in total. The van der Waals surface area contributed by atoms with Crippen molar-refractivity contribution in [3.63, 3.8) is 0 Å². The zero-order valence-electron chi connectivity index (χ0n) is 16.0. The molecule has 0 aromatic heterocycles. The first-order chi connectivity index (χ1) is 14.1. The van der Waals surface area contributed by atoms with Crippen LogP contribution in [0, 0.1) is 24.5 Å². The topological polar surface area (TPSA) is 50.7 Å². The number of oxime groups is 1. The number of amidine groups is 1. The average Bonchev–Trinajstić information content (AvgIpc) is 3.46. The Bertz CT molecular complexity index is 968. The second kappa shape index (κ2) is 8.81. The van der Waals surface area contributed by atoms with Gasteiger partial charge in [0.05, 0.1) is 17.5 Å². The van der Waals surface area contributed by atoms with E-state index >= 15 is 0 Å². The van der Waals surface area contributed by atoms with E-state index in [2.05, 4.69) is 10.5 Å². The van der Waals surface area contributed by atoms with Crippen molar-refractivity contribution in [2.75, 3.05) is 6.61 Å². The van der Waals surface area contributed by atoms with Crippen LogP contribution in [0.1, 0.15) is 35.1 Å². The molecule has 160 valence electrons. The maximum atomic E-state index is 14.4. The standard InChI is InChI=1S/C21H19F5N2O2/c1-12-3-2-4-14(9-12)10-17(29)27-20(28-30-11-13-5-6-13)18-15(21(24,25)26)7-8-16(22)19(18)23/h2-4,7-9,13H,5-6,10-11H2,1H3,(H,27,28,29). The smallest absolute Gasteiger partial charge is 0.394 e. The molecule has 3 rings (SSSR count). The second-order valence-corrected chi connectivity index (χ2v) is 7.17. The van der Waals surface area contributed by atoms with Crippen LogP contribution in [-0.2, 0) is 22.2 Å². The van der Waals surface area contributed by atoms with E-state index in [0.29, 0.717) is 17.7 Å². The SMILES string of the molecule is Cc1cccc(CC(=O)N/C(=N\OCC2CC2)c2c(C(F)(F)F)ccc(F)c2F)c1. The van der Waals surface area contributed by atoms with E-state index in [1.807, 2.05) is 13.0 Å². The molecular formula is C21H19F5N2O2. The molecule has 1 fully saturated rings. The van der Waals surface area contributed by atoms with Crippen molar-refractivity contribution in [2.24, 2.45) is 11.1 Å². The molecule has 2 aromatic carbocycles. The van der Waals surface area contributed by atoms with Crippen molar-refractivity contribution in [1.29, 1.82) is 0 Å². The van der Waals surface area contributed by atoms with Gasteiger partial charge in [-0.2, -0.15) is 13.2 Å². The van der Waals surface area contributed by atoms with Crippen molar-refractivity contribution in [3.05, 3.63) is 70.3 Å². The summed E-state index contributed by atoms with van der Waals surface area (Å²) < 4.78 is 68.4. The van der Waals surface area contributed by atoms with E-state index in [9.17, 15) is 26.7 Å². The number of amides is 1. The molecule has 1 aliphatic carbocycles. The van der Waals surface area contributed by atoms with Gasteiger partial charge in [0.2, 0.25) is 5.91 Å². The van der Waals surface area contributed by atoms with E-state index in [4.69, 9.17) is 4.84 Å².